The molecule has 0 aliphatic heterocycles. The van der Waals surface area contributed by atoms with E-state index in [0.29, 0.717) is 0 Å². The summed E-state index contributed by atoms with van der Waals surface area (Å²) in [4.78, 5) is 9.90. The lowest BCUT2D eigenvalue weighted by atomic mass is 10.4. The number of carbonyl (C=O) groups is 1. The molecule has 0 saturated carbocycles. The number of allylic oxidation sites excluding steroid dienone is 2. The molecule has 0 heterocycles. The lowest BCUT2D eigenvalue weighted by Crippen LogP contribution is -2.08. The minimum atomic E-state index is -0.812. The van der Waals surface area contributed by atoms with Crippen LogP contribution in [0.2, 0.25) is 0 Å². The molecule has 3 nitrogen and oxygen atoms in total. The van der Waals surface area contributed by atoms with Gasteiger partial charge in [0.05, 0.1) is 6.26 Å². The quantitative estimate of drug-likeness (QED) is 0.447. The highest BCUT2D eigenvalue weighted by Gasteiger charge is 1.83. The van der Waals surface area contributed by atoms with Gasteiger partial charge in [-0.3, -0.25) is 0 Å². The fourth-order valence-corrected chi connectivity index (χ4v) is 0.217. The molecule has 9 heavy (non-hydrogen) atoms. The van der Waals surface area contributed by atoms with Crippen molar-refractivity contribution < 1.29 is 9.53 Å². The average molecular weight is 127 g/mol. The van der Waals surface area contributed by atoms with Crippen LogP contribution in [0.4, 0.5) is 4.79 Å². The molecular formula is C6H9NO2. The summed E-state index contributed by atoms with van der Waals surface area (Å²) in [7, 11) is 0. The molecule has 0 rings (SSSR count). The fourth-order valence-electron chi connectivity index (χ4n) is 0.217. The van der Waals surface area contributed by atoms with Gasteiger partial charge in [0.1, 0.15) is 0 Å². The molecule has 0 fully saturated rings. The zero-order valence-corrected chi connectivity index (χ0v) is 5.26. The van der Waals surface area contributed by atoms with E-state index in [0.717, 1.165) is 5.57 Å². The monoisotopic (exact) mass is 127 g/mol. The molecule has 0 aromatic rings. The van der Waals surface area contributed by atoms with Gasteiger partial charge >= 0.3 is 6.09 Å². The Kier molecular flexibility index (Phi) is 3.20. The molecule has 0 aromatic carbocycles. The van der Waals surface area contributed by atoms with E-state index in [1.807, 2.05) is 0 Å². The maximum Gasteiger partial charge on any atom is 0.409 e. The smallest absolute Gasteiger partial charge is 0.409 e. The molecule has 50 valence electrons. The van der Waals surface area contributed by atoms with E-state index in [4.69, 9.17) is 0 Å². The van der Waals surface area contributed by atoms with Gasteiger partial charge in [-0.15, -0.1) is 0 Å². The van der Waals surface area contributed by atoms with Gasteiger partial charge < -0.3 is 10.5 Å². The minimum Gasteiger partial charge on any atom is -0.418 e. The van der Waals surface area contributed by atoms with Crippen molar-refractivity contribution in [2.75, 3.05) is 0 Å². The van der Waals surface area contributed by atoms with Gasteiger partial charge in [-0.1, -0.05) is 12.2 Å². The first-order valence-corrected chi connectivity index (χ1v) is 2.41. The van der Waals surface area contributed by atoms with E-state index in [1.54, 1.807) is 13.0 Å². The molecule has 0 bridgehead atoms. The van der Waals surface area contributed by atoms with Gasteiger partial charge in [0.2, 0.25) is 0 Å². The predicted molar refractivity (Wildman–Crippen MR) is 34.6 cm³/mol. The standard InChI is InChI=1S/C6H9NO2/c1-5(2)3-4-9-6(7)8/h3-4H,1H2,2H3,(H2,7,8). The fraction of sp³-hybridized carbons (Fsp3) is 0.167. The third kappa shape index (κ3) is 6.75. The van der Waals surface area contributed by atoms with Gasteiger partial charge in [-0.25, -0.2) is 4.79 Å². The molecule has 0 aliphatic carbocycles. The Bertz CT molecular complexity index is 149. The molecular weight excluding hydrogens is 118 g/mol. The van der Waals surface area contributed by atoms with Gasteiger partial charge in [-0.2, -0.15) is 0 Å². The first-order valence-electron chi connectivity index (χ1n) is 2.41. The zero-order valence-electron chi connectivity index (χ0n) is 5.26. The van der Waals surface area contributed by atoms with Crippen LogP contribution in [0, 0.1) is 0 Å². The zero-order chi connectivity index (χ0) is 7.28. The summed E-state index contributed by atoms with van der Waals surface area (Å²) in [6.45, 7) is 5.31. The van der Waals surface area contributed by atoms with Crippen LogP contribution in [0.3, 0.4) is 0 Å². The lowest BCUT2D eigenvalue weighted by Gasteiger charge is -1.88. The molecule has 0 unspecified atom stereocenters. The van der Waals surface area contributed by atoms with Crippen LogP contribution in [0.15, 0.2) is 24.5 Å². The molecule has 0 radical (unpaired) electrons. The third-order valence-electron chi connectivity index (χ3n) is 0.537. The summed E-state index contributed by atoms with van der Waals surface area (Å²) < 4.78 is 4.25. The summed E-state index contributed by atoms with van der Waals surface area (Å²) in [5.74, 6) is 0. The summed E-state index contributed by atoms with van der Waals surface area (Å²) in [5.41, 5.74) is 5.44. The molecule has 3 heteroatoms. The van der Waals surface area contributed by atoms with Crippen LogP contribution < -0.4 is 5.73 Å². The van der Waals surface area contributed by atoms with Crippen LogP contribution in [0.5, 0.6) is 0 Å². The first kappa shape index (κ1) is 7.75. The second-order valence-electron chi connectivity index (χ2n) is 1.59. The largest absolute Gasteiger partial charge is 0.418 e. The van der Waals surface area contributed by atoms with E-state index in [1.165, 1.54) is 6.26 Å². The number of rotatable bonds is 2. The molecule has 0 saturated heterocycles. The summed E-state index contributed by atoms with van der Waals surface area (Å²) in [6, 6.07) is 0. The highest BCUT2D eigenvalue weighted by Crippen LogP contribution is 1.88. The van der Waals surface area contributed by atoms with Crippen molar-refractivity contribution in [2.45, 2.75) is 6.92 Å². The Morgan fingerprint density at radius 2 is 2.33 bits per heavy atom. The number of carbonyl (C=O) groups excluding carboxylic acids is 1. The van der Waals surface area contributed by atoms with Gasteiger partial charge in [0.25, 0.3) is 0 Å². The van der Waals surface area contributed by atoms with Crippen molar-refractivity contribution in [2.24, 2.45) is 5.73 Å². The van der Waals surface area contributed by atoms with Crippen LogP contribution in [0.1, 0.15) is 6.92 Å². The van der Waals surface area contributed by atoms with Crippen molar-refractivity contribution in [3.8, 4) is 0 Å². The number of ether oxygens (including phenoxy) is 1. The van der Waals surface area contributed by atoms with Crippen molar-refractivity contribution in [3.05, 3.63) is 24.5 Å². The normalized spacial score (nSPS) is 9.44. The average Bonchev–Trinajstić information content (AvgIpc) is 1.63. The Balaban J connectivity index is 3.48. The minimum absolute atomic E-state index is 0.802. The van der Waals surface area contributed by atoms with E-state index in [9.17, 15) is 4.79 Å². The number of nitrogens with two attached hydrogens (primary N) is 1. The second-order valence-corrected chi connectivity index (χ2v) is 1.59. The third-order valence-corrected chi connectivity index (χ3v) is 0.537. The topological polar surface area (TPSA) is 52.3 Å². The maximum atomic E-state index is 9.90. The van der Waals surface area contributed by atoms with Gasteiger partial charge in [0, 0.05) is 0 Å². The van der Waals surface area contributed by atoms with E-state index >= 15 is 0 Å². The first-order chi connectivity index (χ1) is 4.13. The van der Waals surface area contributed by atoms with Crippen molar-refractivity contribution in [1.29, 1.82) is 0 Å². The maximum absolute atomic E-state index is 9.90. The SMILES string of the molecule is C=C(C)C=COC(N)=O. The van der Waals surface area contributed by atoms with E-state index in [-0.39, 0.29) is 0 Å². The predicted octanol–water partition coefficient (Wildman–Crippen LogP) is 1.17. The van der Waals surface area contributed by atoms with E-state index in [2.05, 4.69) is 17.0 Å². The number of primary amides is 1. The van der Waals surface area contributed by atoms with Crippen LogP contribution in [-0.4, -0.2) is 6.09 Å². The second kappa shape index (κ2) is 3.72. The van der Waals surface area contributed by atoms with Gasteiger partial charge in [0.15, 0.2) is 0 Å². The molecule has 1 amide bonds. The van der Waals surface area contributed by atoms with Crippen LogP contribution in [-0.2, 0) is 4.74 Å². The Hall–Kier alpha value is -1.25. The van der Waals surface area contributed by atoms with Gasteiger partial charge in [-0.05, 0) is 13.0 Å². The van der Waals surface area contributed by atoms with Crippen molar-refractivity contribution >= 4 is 6.09 Å². The van der Waals surface area contributed by atoms with Crippen LogP contribution >= 0.6 is 0 Å². The Morgan fingerprint density at radius 3 is 2.67 bits per heavy atom. The molecule has 0 spiro atoms. The summed E-state index contributed by atoms with van der Waals surface area (Å²) in [5, 5.41) is 0. The molecule has 0 aromatic heterocycles. The number of amides is 1. The molecule has 0 atom stereocenters. The van der Waals surface area contributed by atoms with E-state index < -0.39 is 6.09 Å². The Labute approximate surface area is 53.8 Å². The lowest BCUT2D eigenvalue weighted by molar-refractivity contribution is 0.196. The highest BCUT2D eigenvalue weighted by atomic mass is 16.5. The molecule has 0 aliphatic rings. The summed E-state index contributed by atoms with van der Waals surface area (Å²) in [6.07, 6.45) is 1.93. The van der Waals surface area contributed by atoms with Crippen LogP contribution in [0.25, 0.3) is 0 Å². The van der Waals surface area contributed by atoms with Crippen molar-refractivity contribution in [3.63, 3.8) is 0 Å². The summed E-state index contributed by atoms with van der Waals surface area (Å²) >= 11 is 0. The number of hydrogen-bond donors (Lipinski definition) is 1. The molecule has 2 N–H and O–H groups in total. The Morgan fingerprint density at radius 1 is 1.78 bits per heavy atom. The van der Waals surface area contributed by atoms with Crippen molar-refractivity contribution in [1.82, 2.24) is 0 Å². The number of hydrogen-bond acceptors (Lipinski definition) is 2. The highest BCUT2D eigenvalue weighted by molar-refractivity contribution is 5.65.